The number of amides is 1. The predicted molar refractivity (Wildman–Crippen MR) is 85.3 cm³/mol. The van der Waals surface area contributed by atoms with Crippen molar-refractivity contribution in [1.29, 1.82) is 0 Å². The molecule has 0 saturated carbocycles. The first-order valence-corrected chi connectivity index (χ1v) is 6.84. The van der Waals surface area contributed by atoms with Crippen molar-refractivity contribution in [3.8, 4) is 0 Å². The molecule has 0 radical (unpaired) electrons. The van der Waals surface area contributed by atoms with Gasteiger partial charge in [0.15, 0.2) is 0 Å². The number of fused-ring (bicyclic) bond motifs is 2. The highest BCUT2D eigenvalue weighted by Gasteiger charge is 2.24. The number of aromatic nitrogens is 2. The van der Waals surface area contributed by atoms with Crippen LogP contribution >= 0.6 is 0 Å². The van der Waals surface area contributed by atoms with Crippen molar-refractivity contribution in [2.45, 2.75) is 0 Å². The van der Waals surface area contributed by atoms with Crippen molar-refractivity contribution in [3.63, 3.8) is 0 Å². The van der Waals surface area contributed by atoms with Crippen LogP contribution in [0.5, 0.6) is 0 Å². The largest absolute Gasteiger partial charge is 0.321 e. The molecular weight excluding hydrogens is 278 g/mol. The van der Waals surface area contributed by atoms with Crippen molar-refractivity contribution in [2.24, 2.45) is 0 Å². The molecule has 106 valence electrons. The third-order valence-electron chi connectivity index (χ3n) is 3.69. The normalized spacial score (nSPS) is 15.1. The fourth-order valence-corrected chi connectivity index (χ4v) is 2.60. The van der Waals surface area contributed by atoms with Crippen LogP contribution in [0.1, 0.15) is 11.3 Å². The van der Waals surface area contributed by atoms with Gasteiger partial charge in [0.05, 0.1) is 11.1 Å². The van der Waals surface area contributed by atoms with Gasteiger partial charge in [0.2, 0.25) is 5.43 Å². The van der Waals surface area contributed by atoms with Crippen LogP contribution in [-0.4, -0.2) is 16.1 Å². The van der Waals surface area contributed by atoms with E-state index in [0.717, 1.165) is 11.3 Å². The summed E-state index contributed by atoms with van der Waals surface area (Å²) >= 11 is 0. The molecule has 22 heavy (non-hydrogen) atoms. The van der Waals surface area contributed by atoms with Crippen LogP contribution in [0.3, 0.4) is 0 Å². The first-order valence-electron chi connectivity index (χ1n) is 6.84. The maximum Gasteiger partial charge on any atom is 0.256 e. The van der Waals surface area contributed by atoms with Crippen LogP contribution in [0.2, 0.25) is 0 Å². The Kier molecular flexibility index (Phi) is 2.66. The molecule has 0 atom stereocenters. The molecule has 1 aliphatic rings. The molecule has 5 nitrogen and oxygen atoms in total. The first kappa shape index (κ1) is 12.5. The van der Waals surface area contributed by atoms with E-state index in [1.165, 1.54) is 6.08 Å². The zero-order valence-corrected chi connectivity index (χ0v) is 11.5. The summed E-state index contributed by atoms with van der Waals surface area (Å²) in [6.07, 6.45) is 1.53. The highest BCUT2D eigenvalue weighted by molar-refractivity contribution is 6.34. The number of para-hydroxylation sites is 2. The molecule has 4 rings (SSSR count). The second-order valence-corrected chi connectivity index (χ2v) is 5.04. The molecule has 0 unspecified atom stereocenters. The topological polar surface area (TPSA) is 74.8 Å². The smallest absolute Gasteiger partial charge is 0.256 e. The Hall–Kier alpha value is -3.21. The fourth-order valence-electron chi connectivity index (χ4n) is 2.60. The van der Waals surface area contributed by atoms with Gasteiger partial charge in [-0.05, 0) is 24.3 Å². The third kappa shape index (κ3) is 1.83. The number of aromatic amines is 1. The standard InChI is InChI=1S/C17H11N3O2/c21-16-11-6-2-4-8-14(11)19-20-15(16)9-12-10-5-1-3-7-13(10)18-17(12)22/h1-9H,(H,18,22)(H,19,21). The van der Waals surface area contributed by atoms with Crippen LogP contribution in [0.15, 0.2) is 53.3 Å². The minimum Gasteiger partial charge on any atom is -0.321 e. The number of H-pyrrole nitrogens is 1. The molecule has 1 aromatic heterocycles. The summed E-state index contributed by atoms with van der Waals surface area (Å²) in [7, 11) is 0. The Morgan fingerprint density at radius 2 is 1.73 bits per heavy atom. The Balaban J connectivity index is 1.92. The zero-order chi connectivity index (χ0) is 15.1. The molecule has 0 bridgehead atoms. The van der Waals surface area contributed by atoms with E-state index in [2.05, 4.69) is 15.5 Å². The van der Waals surface area contributed by atoms with Gasteiger partial charge in [-0.2, -0.15) is 5.10 Å². The summed E-state index contributed by atoms with van der Waals surface area (Å²) in [4.78, 5) is 24.6. The lowest BCUT2D eigenvalue weighted by Crippen LogP contribution is -2.11. The van der Waals surface area contributed by atoms with Crippen molar-refractivity contribution >= 4 is 34.1 Å². The molecule has 1 amide bonds. The van der Waals surface area contributed by atoms with E-state index >= 15 is 0 Å². The molecule has 0 spiro atoms. The van der Waals surface area contributed by atoms with Crippen molar-refractivity contribution in [2.75, 3.05) is 5.32 Å². The molecule has 3 aromatic rings. The Bertz CT molecular complexity index is 1000. The summed E-state index contributed by atoms with van der Waals surface area (Å²) in [6.45, 7) is 0. The quantitative estimate of drug-likeness (QED) is 0.676. The van der Waals surface area contributed by atoms with E-state index in [-0.39, 0.29) is 17.0 Å². The van der Waals surface area contributed by atoms with Gasteiger partial charge in [-0.25, -0.2) is 0 Å². The predicted octanol–water partition coefficient (Wildman–Crippen LogP) is 2.42. The van der Waals surface area contributed by atoms with Crippen LogP contribution in [0.25, 0.3) is 22.6 Å². The number of benzene rings is 2. The summed E-state index contributed by atoms with van der Waals surface area (Å²) in [5.74, 6) is -0.226. The minimum atomic E-state index is -0.226. The fraction of sp³-hybridized carbons (Fsp3) is 0. The molecule has 0 aliphatic carbocycles. The lowest BCUT2D eigenvalue weighted by Gasteiger charge is -2.00. The summed E-state index contributed by atoms with van der Waals surface area (Å²) in [5, 5.41) is 10.3. The number of nitrogens with zero attached hydrogens (tertiary/aromatic N) is 1. The highest BCUT2D eigenvalue weighted by Crippen LogP contribution is 2.32. The third-order valence-corrected chi connectivity index (χ3v) is 3.69. The van der Waals surface area contributed by atoms with E-state index in [1.54, 1.807) is 18.2 Å². The number of anilines is 1. The Morgan fingerprint density at radius 3 is 2.64 bits per heavy atom. The molecule has 0 fully saturated rings. The highest BCUT2D eigenvalue weighted by atomic mass is 16.2. The van der Waals surface area contributed by atoms with Crippen LogP contribution in [0.4, 0.5) is 5.69 Å². The average molecular weight is 289 g/mol. The number of rotatable bonds is 1. The van der Waals surface area contributed by atoms with Gasteiger partial charge in [-0.1, -0.05) is 30.3 Å². The summed E-state index contributed by atoms with van der Waals surface area (Å²) < 4.78 is 0. The van der Waals surface area contributed by atoms with Gasteiger partial charge in [-0.3, -0.25) is 14.7 Å². The molecular formula is C17H11N3O2. The van der Waals surface area contributed by atoms with Gasteiger partial charge < -0.3 is 5.32 Å². The maximum atomic E-state index is 12.5. The lowest BCUT2D eigenvalue weighted by molar-refractivity contribution is -0.110. The van der Waals surface area contributed by atoms with E-state index in [0.29, 0.717) is 16.5 Å². The van der Waals surface area contributed by atoms with Gasteiger partial charge in [0, 0.05) is 16.6 Å². The number of hydrogen-bond acceptors (Lipinski definition) is 3. The minimum absolute atomic E-state index is 0.195. The SMILES string of the molecule is O=C1Nc2ccccc2C1=Cc1n[nH]c2ccccc2c1=O. The average Bonchev–Trinajstić information content (AvgIpc) is 2.86. The Morgan fingerprint density at radius 1 is 0.955 bits per heavy atom. The molecule has 2 heterocycles. The first-order chi connectivity index (χ1) is 10.7. The van der Waals surface area contributed by atoms with E-state index in [1.807, 2.05) is 30.3 Å². The molecule has 0 saturated heterocycles. The van der Waals surface area contributed by atoms with Gasteiger partial charge in [-0.15, -0.1) is 0 Å². The molecule has 2 N–H and O–H groups in total. The van der Waals surface area contributed by atoms with E-state index in [9.17, 15) is 9.59 Å². The van der Waals surface area contributed by atoms with Crippen LogP contribution in [0, 0.1) is 0 Å². The number of carbonyl (C=O) groups is 1. The summed E-state index contributed by atoms with van der Waals surface area (Å²) in [6, 6.07) is 14.5. The number of carbonyl (C=O) groups excluding carboxylic acids is 1. The number of nitrogens with one attached hydrogen (secondary N) is 2. The van der Waals surface area contributed by atoms with Gasteiger partial charge >= 0.3 is 0 Å². The molecule has 2 aromatic carbocycles. The second kappa shape index (κ2) is 4.66. The maximum absolute atomic E-state index is 12.5. The lowest BCUT2D eigenvalue weighted by atomic mass is 10.1. The van der Waals surface area contributed by atoms with Gasteiger partial charge in [0.25, 0.3) is 5.91 Å². The zero-order valence-electron chi connectivity index (χ0n) is 11.5. The van der Waals surface area contributed by atoms with Crippen LogP contribution in [-0.2, 0) is 4.79 Å². The summed E-state index contributed by atoms with van der Waals surface area (Å²) in [5.41, 5.74) is 2.67. The van der Waals surface area contributed by atoms with E-state index < -0.39 is 0 Å². The number of hydrogen-bond donors (Lipinski definition) is 2. The van der Waals surface area contributed by atoms with Gasteiger partial charge in [0.1, 0.15) is 5.69 Å². The molecule has 5 heteroatoms. The van der Waals surface area contributed by atoms with Crippen molar-refractivity contribution in [1.82, 2.24) is 10.2 Å². The van der Waals surface area contributed by atoms with Crippen molar-refractivity contribution < 1.29 is 4.79 Å². The van der Waals surface area contributed by atoms with Crippen LogP contribution < -0.4 is 10.7 Å². The van der Waals surface area contributed by atoms with E-state index in [4.69, 9.17) is 0 Å². The van der Waals surface area contributed by atoms with Crippen molar-refractivity contribution in [3.05, 3.63) is 70.0 Å². The monoisotopic (exact) mass is 289 g/mol. The second-order valence-electron chi connectivity index (χ2n) is 5.04. The Labute approximate surface area is 125 Å². The molecule has 1 aliphatic heterocycles.